The molecule has 0 spiro atoms. The predicted molar refractivity (Wildman–Crippen MR) is 97.6 cm³/mol. The van der Waals surface area contributed by atoms with E-state index >= 15 is 0 Å². The summed E-state index contributed by atoms with van der Waals surface area (Å²) in [5.74, 6) is -1.55. The number of carboxylic acids is 1. The molecule has 138 valence electrons. The highest BCUT2D eigenvalue weighted by molar-refractivity contribution is 5.78. The third-order valence-corrected chi connectivity index (χ3v) is 4.45. The molecule has 0 saturated heterocycles. The lowest BCUT2D eigenvalue weighted by Crippen LogP contribution is -2.52. The zero-order chi connectivity index (χ0) is 19.3. The Morgan fingerprint density at radius 1 is 1.19 bits per heavy atom. The Kier molecular flexibility index (Phi) is 5.92. The average Bonchev–Trinajstić information content (AvgIpc) is 2.56. The van der Waals surface area contributed by atoms with Crippen LogP contribution in [0.2, 0.25) is 0 Å². The molecule has 1 amide bonds. The van der Waals surface area contributed by atoms with Gasteiger partial charge in [0, 0.05) is 11.6 Å². The van der Waals surface area contributed by atoms with Crippen LogP contribution < -0.4 is 10.9 Å². The lowest BCUT2D eigenvalue weighted by atomic mass is 9.85. The van der Waals surface area contributed by atoms with E-state index in [1.54, 1.807) is 13.0 Å². The molecule has 0 aliphatic rings. The van der Waals surface area contributed by atoms with E-state index in [9.17, 15) is 14.4 Å². The number of rotatable bonds is 7. The van der Waals surface area contributed by atoms with E-state index < -0.39 is 23.0 Å². The first-order valence-electron chi connectivity index (χ1n) is 8.37. The standard InChI is InChI=1S/C19H23N3O4/c1-13(2)19(3,11-18(25)26)20-16(23)12-22-17(24)10-9-15(21-22)14-7-5-4-6-8-14/h4-10,13H,11-12H2,1-3H3,(H,20,23)(H,25,26). The molecule has 26 heavy (non-hydrogen) atoms. The number of nitrogens with zero attached hydrogens (tertiary/aromatic N) is 2. The normalized spacial score (nSPS) is 13.2. The number of nitrogens with one attached hydrogen (secondary N) is 1. The second kappa shape index (κ2) is 7.95. The summed E-state index contributed by atoms with van der Waals surface area (Å²) in [6.45, 7) is 5.08. The minimum atomic E-state index is -0.997. The van der Waals surface area contributed by atoms with Gasteiger partial charge in [-0.3, -0.25) is 14.4 Å². The zero-order valence-electron chi connectivity index (χ0n) is 15.1. The first-order valence-corrected chi connectivity index (χ1v) is 8.37. The summed E-state index contributed by atoms with van der Waals surface area (Å²) in [6, 6.07) is 12.3. The van der Waals surface area contributed by atoms with Gasteiger partial charge in [-0.25, -0.2) is 4.68 Å². The third kappa shape index (κ3) is 4.78. The molecule has 0 aliphatic carbocycles. The van der Waals surface area contributed by atoms with Crippen molar-refractivity contribution in [3.8, 4) is 11.3 Å². The lowest BCUT2D eigenvalue weighted by Gasteiger charge is -2.33. The van der Waals surface area contributed by atoms with E-state index in [0.717, 1.165) is 10.2 Å². The fourth-order valence-electron chi connectivity index (χ4n) is 2.53. The van der Waals surface area contributed by atoms with Crippen molar-refractivity contribution in [2.45, 2.75) is 39.3 Å². The summed E-state index contributed by atoms with van der Waals surface area (Å²) in [7, 11) is 0. The van der Waals surface area contributed by atoms with Gasteiger partial charge in [0.15, 0.2) is 0 Å². The summed E-state index contributed by atoms with van der Waals surface area (Å²) in [5.41, 5.74) is 0.0999. The Balaban J connectivity index is 2.21. The second-order valence-electron chi connectivity index (χ2n) is 6.77. The Hall–Kier alpha value is -2.96. The first kappa shape index (κ1) is 19.4. The molecule has 2 N–H and O–H groups in total. The van der Waals surface area contributed by atoms with Gasteiger partial charge in [0.1, 0.15) is 6.54 Å². The lowest BCUT2D eigenvalue weighted by molar-refractivity contribution is -0.139. The Morgan fingerprint density at radius 3 is 2.42 bits per heavy atom. The molecule has 1 heterocycles. The van der Waals surface area contributed by atoms with Crippen molar-refractivity contribution < 1.29 is 14.7 Å². The zero-order valence-corrected chi connectivity index (χ0v) is 15.1. The van der Waals surface area contributed by atoms with Crippen LogP contribution in [0, 0.1) is 5.92 Å². The number of carboxylic acid groups (broad SMARTS) is 1. The van der Waals surface area contributed by atoms with Crippen molar-refractivity contribution in [1.29, 1.82) is 0 Å². The van der Waals surface area contributed by atoms with Gasteiger partial charge >= 0.3 is 5.97 Å². The Labute approximate surface area is 151 Å². The number of hydrogen-bond donors (Lipinski definition) is 2. The van der Waals surface area contributed by atoms with Crippen LogP contribution in [0.4, 0.5) is 0 Å². The van der Waals surface area contributed by atoms with Crippen LogP contribution in [0.15, 0.2) is 47.3 Å². The minimum Gasteiger partial charge on any atom is -0.481 e. The number of aliphatic carboxylic acids is 1. The molecule has 1 unspecified atom stereocenters. The number of aromatic nitrogens is 2. The number of benzene rings is 1. The molecular formula is C19H23N3O4. The van der Waals surface area contributed by atoms with Crippen molar-refractivity contribution in [1.82, 2.24) is 15.1 Å². The van der Waals surface area contributed by atoms with E-state index in [1.807, 2.05) is 44.2 Å². The monoisotopic (exact) mass is 357 g/mol. The van der Waals surface area contributed by atoms with Gasteiger partial charge in [-0.05, 0) is 18.9 Å². The van der Waals surface area contributed by atoms with Crippen molar-refractivity contribution >= 4 is 11.9 Å². The summed E-state index contributed by atoms with van der Waals surface area (Å²) in [6.07, 6.45) is -0.206. The number of amides is 1. The fourth-order valence-corrected chi connectivity index (χ4v) is 2.53. The highest BCUT2D eigenvalue weighted by atomic mass is 16.4. The van der Waals surface area contributed by atoms with Crippen LogP contribution in [0.3, 0.4) is 0 Å². The highest BCUT2D eigenvalue weighted by Gasteiger charge is 2.32. The minimum absolute atomic E-state index is 0.0946. The van der Waals surface area contributed by atoms with E-state index in [1.165, 1.54) is 6.07 Å². The largest absolute Gasteiger partial charge is 0.481 e. The number of carbonyl (C=O) groups excluding carboxylic acids is 1. The Bertz CT molecular complexity index is 845. The van der Waals surface area contributed by atoms with Gasteiger partial charge in [0.25, 0.3) is 5.56 Å². The van der Waals surface area contributed by atoms with Crippen molar-refractivity contribution in [3.05, 3.63) is 52.8 Å². The predicted octanol–water partition coefficient (Wildman–Crippen LogP) is 1.92. The SMILES string of the molecule is CC(C)C(C)(CC(=O)O)NC(=O)Cn1nc(-c2ccccc2)ccc1=O. The van der Waals surface area contributed by atoms with Crippen molar-refractivity contribution in [3.63, 3.8) is 0 Å². The molecule has 0 radical (unpaired) electrons. The molecule has 1 aromatic heterocycles. The molecule has 7 heteroatoms. The summed E-state index contributed by atoms with van der Waals surface area (Å²) in [5, 5.41) is 16.1. The molecule has 2 aromatic rings. The number of carbonyl (C=O) groups is 2. The fraction of sp³-hybridized carbons (Fsp3) is 0.368. The molecule has 0 saturated carbocycles. The van der Waals surface area contributed by atoms with Gasteiger partial charge in [0.2, 0.25) is 5.91 Å². The molecule has 0 aliphatic heterocycles. The molecular weight excluding hydrogens is 334 g/mol. The van der Waals surface area contributed by atoms with Gasteiger partial charge in [-0.1, -0.05) is 44.2 Å². The summed E-state index contributed by atoms with van der Waals surface area (Å²) in [4.78, 5) is 35.5. The van der Waals surface area contributed by atoms with Crippen LogP contribution in [-0.4, -0.2) is 32.3 Å². The number of hydrogen-bond acceptors (Lipinski definition) is 4. The molecule has 7 nitrogen and oxygen atoms in total. The Morgan fingerprint density at radius 2 is 1.85 bits per heavy atom. The molecule has 1 atom stereocenters. The van der Waals surface area contributed by atoms with Gasteiger partial charge in [-0.2, -0.15) is 5.10 Å². The van der Waals surface area contributed by atoms with Crippen LogP contribution in [0.5, 0.6) is 0 Å². The van der Waals surface area contributed by atoms with Crippen molar-refractivity contribution in [2.24, 2.45) is 5.92 Å². The van der Waals surface area contributed by atoms with E-state index in [-0.39, 0.29) is 18.9 Å². The van der Waals surface area contributed by atoms with Gasteiger partial charge in [-0.15, -0.1) is 0 Å². The van der Waals surface area contributed by atoms with Crippen LogP contribution in [0.25, 0.3) is 11.3 Å². The highest BCUT2D eigenvalue weighted by Crippen LogP contribution is 2.21. The summed E-state index contributed by atoms with van der Waals surface area (Å²) < 4.78 is 1.08. The molecule has 2 rings (SSSR count). The molecule has 1 aromatic carbocycles. The van der Waals surface area contributed by atoms with Crippen LogP contribution >= 0.6 is 0 Å². The smallest absolute Gasteiger partial charge is 0.305 e. The first-order chi connectivity index (χ1) is 12.2. The van der Waals surface area contributed by atoms with Gasteiger partial charge in [0.05, 0.1) is 17.7 Å². The topological polar surface area (TPSA) is 101 Å². The maximum absolute atomic E-state index is 12.4. The van der Waals surface area contributed by atoms with Crippen LogP contribution in [0.1, 0.15) is 27.2 Å². The maximum Gasteiger partial charge on any atom is 0.305 e. The van der Waals surface area contributed by atoms with Crippen LogP contribution in [-0.2, 0) is 16.1 Å². The van der Waals surface area contributed by atoms with E-state index in [0.29, 0.717) is 5.69 Å². The second-order valence-corrected chi connectivity index (χ2v) is 6.77. The average molecular weight is 357 g/mol. The maximum atomic E-state index is 12.4. The van der Waals surface area contributed by atoms with E-state index in [2.05, 4.69) is 10.4 Å². The quantitative estimate of drug-likeness (QED) is 0.788. The van der Waals surface area contributed by atoms with Gasteiger partial charge < -0.3 is 10.4 Å². The van der Waals surface area contributed by atoms with Crippen molar-refractivity contribution in [2.75, 3.05) is 0 Å². The summed E-state index contributed by atoms with van der Waals surface area (Å²) >= 11 is 0. The molecule has 0 bridgehead atoms. The third-order valence-electron chi connectivity index (χ3n) is 4.45. The molecule has 0 fully saturated rings. The van der Waals surface area contributed by atoms with E-state index in [4.69, 9.17) is 5.11 Å².